The van der Waals surface area contributed by atoms with Crippen molar-refractivity contribution in [3.8, 4) is 5.75 Å². The Hall–Kier alpha value is -1.81. The van der Waals surface area contributed by atoms with Gasteiger partial charge in [-0.05, 0) is 29.7 Å². The number of rotatable bonds is 3. The van der Waals surface area contributed by atoms with E-state index in [0.717, 1.165) is 11.1 Å². The number of aliphatic hydroxyl groups excluding tert-OH is 1. The van der Waals surface area contributed by atoms with Gasteiger partial charge in [0.2, 0.25) is 0 Å². The van der Waals surface area contributed by atoms with E-state index in [0.29, 0.717) is 11.9 Å². The lowest BCUT2D eigenvalue weighted by molar-refractivity contribution is 0.274. The van der Waals surface area contributed by atoms with E-state index in [1.165, 1.54) is 4.57 Å². The Bertz CT molecular complexity index is 560. The molecule has 0 aliphatic rings. The van der Waals surface area contributed by atoms with E-state index < -0.39 is 0 Å². The van der Waals surface area contributed by atoms with Gasteiger partial charge in [0.15, 0.2) is 0 Å². The van der Waals surface area contributed by atoms with Crippen molar-refractivity contribution in [2.75, 3.05) is 13.7 Å². The highest BCUT2D eigenvalue weighted by Gasteiger charge is 2.03. The predicted molar refractivity (Wildman–Crippen MR) is 61.8 cm³/mol. The molecule has 84 valence electrons. The molecule has 16 heavy (non-hydrogen) atoms. The van der Waals surface area contributed by atoms with Crippen molar-refractivity contribution in [3.05, 3.63) is 40.8 Å². The fourth-order valence-corrected chi connectivity index (χ4v) is 1.68. The van der Waals surface area contributed by atoms with Gasteiger partial charge < -0.3 is 14.4 Å². The van der Waals surface area contributed by atoms with Crippen LogP contribution in [0.5, 0.6) is 5.75 Å². The van der Waals surface area contributed by atoms with Crippen LogP contribution in [0.4, 0.5) is 0 Å². The number of benzene rings is 1. The standard InChI is InChI=1S/C12H13NO3/c1-16-10-2-3-11-9(8-10)4-5-13(6-7-14)12(11)15/h2-5,8,14H,6-7H2,1H3. The SMILES string of the molecule is COc1ccc2c(=O)n(CCO)ccc2c1. The summed E-state index contributed by atoms with van der Waals surface area (Å²) >= 11 is 0. The molecule has 0 saturated carbocycles. The number of pyridine rings is 1. The predicted octanol–water partition coefficient (Wildman–Crippen LogP) is 1.00. The number of fused-ring (bicyclic) bond motifs is 1. The molecular formula is C12H13NO3. The van der Waals surface area contributed by atoms with Gasteiger partial charge in [0.05, 0.1) is 13.7 Å². The molecule has 0 spiro atoms. The van der Waals surface area contributed by atoms with E-state index in [-0.39, 0.29) is 12.2 Å². The Morgan fingerprint density at radius 2 is 2.19 bits per heavy atom. The van der Waals surface area contributed by atoms with E-state index in [1.54, 1.807) is 25.4 Å². The molecule has 0 atom stereocenters. The number of aliphatic hydroxyl groups is 1. The quantitative estimate of drug-likeness (QED) is 0.838. The molecule has 0 bridgehead atoms. The number of hydrogen-bond donors (Lipinski definition) is 1. The molecule has 1 aromatic heterocycles. The summed E-state index contributed by atoms with van der Waals surface area (Å²) in [7, 11) is 1.59. The lowest BCUT2D eigenvalue weighted by atomic mass is 10.1. The molecular weight excluding hydrogens is 206 g/mol. The van der Waals surface area contributed by atoms with Crippen LogP contribution >= 0.6 is 0 Å². The minimum Gasteiger partial charge on any atom is -0.497 e. The Labute approximate surface area is 92.7 Å². The Balaban J connectivity index is 2.62. The molecule has 0 amide bonds. The number of hydrogen-bond acceptors (Lipinski definition) is 3. The van der Waals surface area contributed by atoms with Crippen LogP contribution in [0.2, 0.25) is 0 Å². The third-order valence-electron chi connectivity index (χ3n) is 2.52. The highest BCUT2D eigenvalue weighted by molar-refractivity contribution is 5.82. The van der Waals surface area contributed by atoms with Crippen molar-refractivity contribution in [3.63, 3.8) is 0 Å². The highest BCUT2D eigenvalue weighted by Crippen LogP contribution is 2.17. The Morgan fingerprint density at radius 1 is 1.38 bits per heavy atom. The third-order valence-corrected chi connectivity index (χ3v) is 2.52. The van der Waals surface area contributed by atoms with Gasteiger partial charge in [-0.2, -0.15) is 0 Å². The lowest BCUT2D eigenvalue weighted by Crippen LogP contribution is -2.20. The summed E-state index contributed by atoms with van der Waals surface area (Å²) < 4.78 is 6.59. The van der Waals surface area contributed by atoms with Gasteiger partial charge in [0.1, 0.15) is 5.75 Å². The third kappa shape index (κ3) is 1.79. The normalized spacial score (nSPS) is 10.6. The molecule has 4 nitrogen and oxygen atoms in total. The number of aromatic nitrogens is 1. The van der Waals surface area contributed by atoms with E-state index in [1.807, 2.05) is 12.1 Å². The molecule has 0 saturated heterocycles. The maximum Gasteiger partial charge on any atom is 0.258 e. The molecule has 2 aromatic rings. The average molecular weight is 219 g/mol. The second-order valence-corrected chi connectivity index (χ2v) is 3.49. The zero-order chi connectivity index (χ0) is 11.5. The largest absolute Gasteiger partial charge is 0.497 e. The van der Waals surface area contributed by atoms with Crippen LogP contribution in [0.1, 0.15) is 0 Å². The van der Waals surface area contributed by atoms with E-state index >= 15 is 0 Å². The molecule has 0 unspecified atom stereocenters. The zero-order valence-electron chi connectivity index (χ0n) is 9.01. The molecule has 0 fully saturated rings. The van der Waals surface area contributed by atoms with Crippen LogP contribution in [-0.2, 0) is 6.54 Å². The first-order chi connectivity index (χ1) is 7.76. The van der Waals surface area contributed by atoms with Crippen molar-refractivity contribution >= 4 is 10.8 Å². The van der Waals surface area contributed by atoms with Crippen LogP contribution in [0.15, 0.2) is 35.3 Å². The van der Waals surface area contributed by atoms with Gasteiger partial charge >= 0.3 is 0 Å². The molecule has 2 rings (SSSR count). The topological polar surface area (TPSA) is 51.5 Å². The Kier molecular flexibility index (Phi) is 2.92. The van der Waals surface area contributed by atoms with Gasteiger partial charge in [0, 0.05) is 18.1 Å². The molecule has 0 radical (unpaired) electrons. The van der Waals surface area contributed by atoms with Crippen LogP contribution in [0, 0.1) is 0 Å². The maximum absolute atomic E-state index is 11.9. The molecule has 0 aliphatic carbocycles. The fourth-order valence-electron chi connectivity index (χ4n) is 1.68. The molecule has 0 aliphatic heterocycles. The maximum atomic E-state index is 11.9. The molecule has 1 heterocycles. The fraction of sp³-hybridized carbons (Fsp3) is 0.250. The number of nitrogens with zero attached hydrogens (tertiary/aromatic N) is 1. The second-order valence-electron chi connectivity index (χ2n) is 3.49. The van der Waals surface area contributed by atoms with Crippen LogP contribution in [0.3, 0.4) is 0 Å². The summed E-state index contributed by atoms with van der Waals surface area (Å²) in [4.78, 5) is 11.9. The Morgan fingerprint density at radius 3 is 2.88 bits per heavy atom. The zero-order valence-corrected chi connectivity index (χ0v) is 9.01. The second kappa shape index (κ2) is 4.37. The minimum atomic E-state index is -0.0887. The van der Waals surface area contributed by atoms with E-state index in [4.69, 9.17) is 9.84 Å². The van der Waals surface area contributed by atoms with Crippen LogP contribution in [-0.4, -0.2) is 23.4 Å². The molecule has 1 aromatic carbocycles. The van der Waals surface area contributed by atoms with Crippen molar-refractivity contribution in [2.45, 2.75) is 6.54 Å². The highest BCUT2D eigenvalue weighted by atomic mass is 16.5. The van der Waals surface area contributed by atoms with Crippen molar-refractivity contribution < 1.29 is 9.84 Å². The van der Waals surface area contributed by atoms with Gasteiger partial charge in [-0.1, -0.05) is 0 Å². The lowest BCUT2D eigenvalue weighted by Gasteiger charge is -2.06. The first kappa shape index (κ1) is 10.7. The minimum absolute atomic E-state index is 0.0401. The summed E-state index contributed by atoms with van der Waals surface area (Å²) in [6.07, 6.45) is 1.68. The summed E-state index contributed by atoms with van der Waals surface area (Å²) in [6, 6.07) is 7.16. The average Bonchev–Trinajstić information content (AvgIpc) is 2.32. The number of ether oxygens (including phenoxy) is 1. The monoisotopic (exact) mass is 219 g/mol. The van der Waals surface area contributed by atoms with Crippen molar-refractivity contribution in [1.29, 1.82) is 0 Å². The summed E-state index contributed by atoms with van der Waals surface area (Å²) in [6.45, 7) is 0.280. The van der Waals surface area contributed by atoms with Gasteiger partial charge in [-0.15, -0.1) is 0 Å². The summed E-state index contributed by atoms with van der Waals surface area (Å²) in [5.41, 5.74) is -0.0887. The van der Waals surface area contributed by atoms with Crippen LogP contribution in [0.25, 0.3) is 10.8 Å². The van der Waals surface area contributed by atoms with Gasteiger partial charge in [-0.25, -0.2) is 0 Å². The molecule has 1 N–H and O–H groups in total. The first-order valence-corrected chi connectivity index (χ1v) is 5.04. The summed E-state index contributed by atoms with van der Waals surface area (Å²) in [5, 5.41) is 10.3. The summed E-state index contributed by atoms with van der Waals surface area (Å²) in [5.74, 6) is 0.729. The smallest absolute Gasteiger partial charge is 0.258 e. The van der Waals surface area contributed by atoms with E-state index in [9.17, 15) is 4.79 Å². The van der Waals surface area contributed by atoms with Crippen molar-refractivity contribution in [1.82, 2.24) is 4.57 Å². The first-order valence-electron chi connectivity index (χ1n) is 5.04. The van der Waals surface area contributed by atoms with Gasteiger partial charge in [-0.3, -0.25) is 4.79 Å². The number of methoxy groups -OCH3 is 1. The van der Waals surface area contributed by atoms with Gasteiger partial charge in [0.25, 0.3) is 5.56 Å². The van der Waals surface area contributed by atoms with Crippen molar-refractivity contribution in [2.24, 2.45) is 0 Å². The van der Waals surface area contributed by atoms with Crippen LogP contribution < -0.4 is 10.3 Å². The molecule has 4 heteroatoms. The van der Waals surface area contributed by atoms with E-state index in [2.05, 4.69) is 0 Å².